The molecule has 0 fully saturated rings. The Morgan fingerprint density at radius 1 is 1.12 bits per heavy atom. The Bertz CT molecular complexity index is 927. The van der Waals surface area contributed by atoms with Gasteiger partial charge < -0.3 is 9.30 Å². The lowest BCUT2D eigenvalue weighted by Crippen LogP contribution is -2.31. The maximum atomic E-state index is 12.2. The highest BCUT2D eigenvalue weighted by Crippen LogP contribution is 2.14. The fourth-order valence-corrected chi connectivity index (χ4v) is 3.34. The molecule has 26 heavy (non-hydrogen) atoms. The molecule has 2 rings (SSSR count). The zero-order chi connectivity index (χ0) is 19.5. The molecule has 2 aromatic rings. The summed E-state index contributed by atoms with van der Waals surface area (Å²) in [6, 6.07) is 7.96. The van der Waals surface area contributed by atoms with E-state index in [0.29, 0.717) is 5.56 Å². The van der Waals surface area contributed by atoms with Gasteiger partial charge in [0.25, 0.3) is 0 Å². The van der Waals surface area contributed by atoms with Crippen molar-refractivity contribution in [1.29, 1.82) is 0 Å². The van der Waals surface area contributed by atoms with Gasteiger partial charge in [-0.15, -0.1) is 0 Å². The summed E-state index contributed by atoms with van der Waals surface area (Å²) in [4.78, 5) is 24.0. The van der Waals surface area contributed by atoms with Gasteiger partial charge in [0.2, 0.25) is 15.8 Å². The van der Waals surface area contributed by atoms with Crippen LogP contribution in [0.2, 0.25) is 0 Å². The number of hydrogen-bond acceptors (Lipinski definition) is 5. The van der Waals surface area contributed by atoms with Crippen molar-refractivity contribution in [3.05, 3.63) is 52.8 Å². The number of nitrogens with zero attached hydrogens (tertiary/aromatic N) is 1. The van der Waals surface area contributed by atoms with E-state index in [2.05, 4.69) is 4.72 Å². The van der Waals surface area contributed by atoms with Crippen molar-refractivity contribution in [2.24, 2.45) is 7.05 Å². The molecule has 8 heteroatoms. The molecule has 140 valence electrons. The van der Waals surface area contributed by atoms with Gasteiger partial charge in [-0.05, 0) is 39.0 Å². The Balaban J connectivity index is 1.89. The highest BCUT2D eigenvalue weighted by atomic mass is 32.2. The number of carbonyl (C=O) groups is 2. The van der Waals surface area contributed by atoms with E-state index in [4.69, 9.17) is 4.74 Å². The number of esters is 1. The average Bonchev–Trinajstić information content (AvgIpc) is 2.86. The molecular weight excluding hydrogens is 356 g/mol. The number of rotatable bonds is 7. The first-order chi connectivity index (χ1) is 12.1. The van der Waals surface area contributed by atoms with Crippen molar-refractivity contribution in [1.82, 2.24) is 9.29 Å². The lowest BCUT2D eigenvalue weighted by atomic mass is 10.1. The van der Waals surface area contributed by atoms with E-state index in [1.54, 1.807) is 25.1 Å². The molecule has 0 bridgehead atoms. The standard InChI is InChI=1S/C18H22N2O5S/c1-12-5-7-15(8-6-12)26(23,24)19-10-18(22)25-11-17(21)16-9-13(2)20(4)14(16)3/h5-9,19H,10-11H2,1-4H3. The fraction of sp³-hybridized carbons (Fsp3) is 0.333. The minimum absolute atomic E-state index is 0.0577. The molecule has 0 spiro atoms. The zero-order valence-corrected chi connectivity index (χ0v) is 16.0. The lowest BCUT2D eigenvalue weighted by Gasteiger charge is -2.08. The van der Waals surface area contributed by atoms with Crippen LogP contribution < -0.4 is 4.72 Å². The Labute approximate surface area is 153 Å². The highest BCUT2D eigenvalue weighted by Gasteiger charge is 2.18. The van der Waals surface area contributed by atoms with Crippen LogP contribution in [0.3, 0.4) is 0 Å². The van der Waals surface area contributed by atoms with Gasteiger partial charge in [-0.25, -0.2) is 8.42 Å². The number of ketones is 1. The molecule has 0 amide bonds. The Morgan fingerprint density at radius 3 is 2.27 bits per heavy atom. The number of ether oxygens (including phenoxy) is 1. The fourth-order valence-electron chi connectivity index (χ4n) is 2.37. The number of carbonyl (C=O) groups excluding carboxylic acids is 2. The van der Waals surface area contributed by atoms with Crippen LogP contribution in [0.4, 0.5) is 0 Å². The third-order valence-corrected chi connectivity index (χ3v) is 5.59. The zero-order valence-electron chi connectivity index (χ0n) is 15.2. The predicted octanol–water partition coefficient (Wildman–Crippen LogP) is 1.65. The second-order valence-electron chi connectivity index (χ2n) is 6.07. The summed E-state index contributed by atoms with van der Waals surface area (Å²) < 4.78 is 33.1. The number of aromatic nitrogens is 1. The van der Waals surface area contributed by atoms with Gasteiger partial charge in [-0.3, -0.25) is 9.59 Å². The molecule has 0 saturated heterocycles. The summed E-state index contributed by atoms with van der Waals surface area (Å²) in [7, 11) is -1.97. The van der Waals surface area contributed by atoms with E-state index in [-0.39, 0.29) is 10.7 Å². The monoisotopic (exact) mass is 378 g/mol. The number of benzene rings is 1. The quantitative estimate of drug-likeness (QED) is 0.584. The topological polar surface area (TPSA) is 94.5 Å². The Morgan fingerprint density at radius 2 is 1.73 bits per heavy atom. The molecule has 0 unspecified atom stereocenters. The van der Waals surface area contributed by atoms with Crippen LogP contribution in [0.15, 0.2) is 35.2 Å². The van der Waals surface area contributed by atoms with Gasteiger partial charge in [0.1, 0.15) is 6.54 Å². The molecule has 7 nitrogen and oxygen atoms in total. The van der Waals surface area contributed by atoms with E-state index >= 15 is 0 Å². The van der Waals surface area contributed by atoms with Crippen LogP contribution in [0.5, 0.6) is 0 Å². The van der Waals surface area contributed by atoms with E-state index in [1.165, 1.54) is 12.1 Å². The van der Waals surface area contributed by atoms with Crippen LogP contribution in [0.25, 0.3) is 0 Å². The first kappa shape index (κ1) is 19.9. The Hall–Kier alpha value is -2.45. The molecule has 0 radical (unpaired) electrons. The number of aryl methyl sites for hydroxylation is 2. The maximum absolute atomic E-state index is 12.2. The largest absolute Gasteiger partial charge is 0.456 e. The minimum atomic E-state index is -3.81. The molecule has 0 aliphatic heterocycles. The van der Waals surface area contributed by atoms with Crippen LogP contribution in [-0.4, -0.2) is 37.9 Å². The van der Waals surface area contributed by atoms with Crippen molar-refractivity contribution >= 4 is 21.8 Å². The van der Waals surface area contributed by atoms with E-state index in [1.807, 2.05) is 25.5 Å². The number of hydrogen-bond donors (Lipinski definition) is 1. The molecular formula is C18H22N2O5S. The molecule has 1 aromatic carbocycles. The molecule has 0 saturated carbocycles. The SMILES string of the molecule is Cc1ccc(S(=O)(=O)NCC(=O)OCC(=O)c2cc(C)n(C)c2C)cc1. The third kappa shape index (κ3) is 4.59. The van der Waals surface area contributed by atoms with E-state index in [0.717, 1.165) is 17.0 Å². The lowest BCUT2D eigenvalue weighted by molar-refractivity contribution is -0.141. The summed E-state index contributed by atoms with van der Waals surface area (Å²) in [6.45, 7) is 4.53. The minimum Gasteiger partial charge on any atom is -0.456 e. The molecule has 1 N–H and O–H groups in total. The van der Waals surface area contributed by atoms with Crippen molar-refractivity contribution < 1.29 is 22.7 Å². The summed E-state index contributed by atoms with van der Waals surface area (Å²) in [5.74, 6) is -1.15. The maximum Gasteiger partial charge on any atom is 0.321 e. The first-order valence-electron chi connectivity index (χ1n) is 8.00. The summed E-state index contributed by atoms with van der Waals surface area (Å²) in [5.41, 5.74) is 3.11. The van der Waals surface area contributed by atoms with E-state index < -0.39 is 29.1 Å². The molecule has 0 aliphatic carbocycles. The second-order valence-corrected chi connectivity index (χ2v) is 7.83. The van der Waals surface area contributed by atoms with Gasteiger partial charge >= 0.3 is 5.97 Å². The highest BCUT2D eigenvalue weighted by molar-refractivity contribution is 7.89. The summed E-state index contributed by atoms with van der Waals surface area (Å²) in [5, 5.41) is 0. The van der Waals surface area contributed by atoms with Crippen LogP contribution in [-0.2, 0) is 26.6 Å². The van der Waals surface area contributed by atoms with Crippen LogP contribution >= 0.6 is 0 Å². The summed E-state index contributed by atoms with van der Waals surface area (Å²) in [6.07, 6.45) is 0. The van der Waals surface area contributed by atoms with Gasteiger partial charge in [0.05, 0.1) is 4.90 Å². The first-order valence-corrected chi connectivity index (χ1v) is 9.48. The van der Waals surface area contributed by atoms with Crippen molar-refractivity contribution in [2.75, 3.05) is 13.2 Å². The number of Topliss-reactive ketones (excluding diaryl/α,β-unsaturated/α-hetero) is 1. The van der Waals surface area contributed by atoms with Crippen LogP contribution in [0, 0.1) is 20.8 Å². The average molecular weight is 378 g/mol. The molecule has 1 aromatic heterocycles. The third-order valence-electron chi connectivity index (χ3n) is 4.18. The van der Waals surface area contributed by atoms with Crippen molar-refractivity contribution in [3.63, 3.8) is 0 Å². The predicted molar refractivity (Wildman–Crippen MR) is 96.5 cm³/mol. The molecule has 1 heterocycles. The van der Waals surface area contributed by atoms with Crippen molar-refractivity contribution in [3.8, 4) is 0 Å². The van der Waals surface area contributed by atoms with Crippen LogP contribution in [0.1, 0.15) is 27.3 Å². The van der Waals surface area contributed by atoms with Gasteiger partial charge in [-0.1, -0.05) is 17.7 Å². The van der Waals surface area contributed by atoms with Gasteiger partial charge in [0, 0.05) is 24.0 Å². The van der Waals surface area contributed by atoms with Gasteiger partial charge in [-0.2, -0.15) is 4.72 Å². The van der Waals surface area contributed by atoms with Crippen molar-refractivity contribution in [2.45, 2.75) is 25.7 Å². The summed E-state index contributed by atoms with van der Waals surface area (Å²) >= 11 is 0. The smallest absolute Gasteiger partial charge is 0.321 e. The molecule has 0 atom stereocenters. The Kier molecular flexibility index (Phi) is 5.99. The normalized spacial score (nSPS) is 11.4. The number of nitrogens with one attached hydrogen (secondary N) is 1. The number of sulfonamides is 1. The second kappa shape index (κ2) is 7.84. The molecule has 0 aliphatic rings. The van der Waals surface area contributed by atoms with Gasteiger partial charge in [0.15, 0.2) is 6.61 Å². The van der Waals surface area contributed by atoms with E-state index in [9.17, 15) is 18.0 Å².